The number of nitrogens with one attached hydrogen (secondary N) is 1. The third-order valence-electron chi connectivity index (χ3n) is 2.23. The Balaban J connectivity index is 2.18. The monoisotopic (exact) mass is 187 g/mol. The Labute approximate surface area is 81.7 Å². The summed E-state index contributed by atoms with van der Waals surface area (Å²) in [4.78, 5) is 12.3. The van der Waals surface area contributed by atoms with Crippen molar-refractivity contribution in [1.82, 2.24) is 10.2 Å². The molecule has 14 heavy (non-hydrogen) atoms. The predicted octanol–water partition coefficient (Wildman–Crippen LogP) is 1.23. The maximum Gasteiger partial charge on any atom is 0.331 e. The third kappa shape index (κ3) is 1.40. The number of rotatable bonds is 1. The minimum atomic E-state index is -0.318. The van der Waals surface area contributed by atoms with E-state index in [9.17, 15) is 4.79 Å². The fourth-order valence-electron chi connectivity index (χ4n) is 1.50. The van der Waals surface area contributed by atoms with E-state index in [0.29, 0.717) is 6.54 Å². The second-order valence-corrected chi connectivity index (χ2v) is 3.12. The first-order valence-electron chi connectivity index (χ1n) is 4.34. The molecule has 0 saturated carbocycles. The summed E-state index contributed by atoms with van der Waals surface area (Å²) in [6, 6.07) is 9.23. The Morgan fingerprint density at radius 3 is 2.71 bits per heavy atom. The van der Waals surface area contributed by atoms with Crippen molar-refractivity contribution in [2.45, 2.75) is 6.04 Å². The number of hydrogen-bond acceptors (Lipinski definition) is 2. The summed E-state index contributed by atoms with van der Waals surface area (Å²) in [7, 11) is 0. The lowest BCUT2D eigenvalue weighted by atomic mass is 10.1. The molecule has 1 unspecified atom stereocenters. The molecule has 1 aromatic rings. The van der Waals surface area contributed by atoms with Gasteiger partial charge < -0.3 is 5.32 Å². The van der Waals surface area contributed by atoms with E-state index in [1.54, 1.807) is 0 Å². The molecule has 1 heterocycles. The van der Waals surface area contributed by atoms with Gasteiger partial charge in [0.15, 0.2) is 6.19 Å². The van der Waals surface area contributed by atoms with Crippen molar-refractivity contribution >= 4 is 6.03 Å². The minimum absolute atomic E-state index is 0.0663. The van der Waals surface area contributed by atoms with Gasteiger partial charge in [-0.05, 0) is 5.56 Å². The van der Waals surface area contributed by atoms with Crippen LogP contribution in [0.5, 0.6) is 0 Å². The lowest BCUT2D eigenvalue weighted by Crippen LogP contribution is -2.23. The van der Waals surface area contributed by atoms with Crippen LogP contribution < -0.4 is 5.32 Å². The van der Waals surface area contributed by atoms with Gasteiger partial charge in [0, 0.05) is 0 Å². The van der Waals surface area contributed by atoms with E-state index in [2.05, 4.69) is 5.32 Å². The van der Waals surface area contributed by atoms with Gasteiger partial charge in [-0.1, -0.05) is 30.3 Å². The predicted molar refractivity (Wildman–Crippen MR) is 50.0 cm³/mol. The van der Waals surface area contributed by atoms with Gasteiger partial charge in [0.1, 0.15) is 0 Å². The maximum absolute atomic E-state index is 11.2. The molecule has 0 spiro atoms. The molecule has 4 heteroatoms. The number of amides is 2. The van der Waals surface area contributed by atoms with Gasteiger partial charge in [-0.25, -0.2) is 9.69 Å². The standard InChI is InChI=1S/C10H9N3O/c11-7-13-6-9(12-10(13)14)8-4-2-1-3-5-8/h1-5,9H,6H2,(H,12,14). The number of urea groups is 1. The van der Waals surface area contributed by atoms with Crippen LogP contribution in [0.2, 0.25) is 0 Å². The smallest absolute Gasteiger partial charge is 0.328 e. The van der Waals surface area contributed by atoms with Crippen molar-refractivity contribution in [3.8, 4) is 6.19 Å². The van der Waals surface area contributed by atoms with Crippen molar-refractivity contribution < 1.29 is 4.79 Å². The molecule has 1 saturated heterocycles. The highest BCUT2D eigenvalue weighted by Gasteiger charge is 2.29. The molecule has 1 aromatic carbocycles. The average Bonchev–Trinajstić information content (AvgIpc) is 2.61. The first-order chi connectivity index (χ1) is 6.81. The molecule has 1 aliphatic heterocycles. The number of carbonyl (C=O) groups is 1. The average molecular weight is 187 g/mol. The summed E-state index contributed by atoms with van der Waals surface area (Å²) < 4.78 is 0. The van der Waals surface area contributed by atoms with Crippen molar-refractivity contribution in [2.75, 3.05) is 6.54 Å². The molecule has 1 N–H and O–H groups in total. The van der Waals surface area contributed by atoms with Crippen molar-refractivity contribution in [3.05, 3.63) is 35.9 Å². The summed E-state index contributed by atoms with van der Waals surface area (Å²) in [6.45, 7) is 0.416. The Kier molecular flexibility index (Phi) is 2.07. The van der Waals surface area contributed by atoms with E-state index in [0.717, 1.165) is 10.5 Å². The highest BCUT2D eigenvalue weighted by Crippen LogP contribution is 2.18. The largest absolute Gasteiger partial charge is 0.331 e. The topological polar surface area (TPSA) is 56.1 Å². The van der Waals surface area contributed by atoms with Crippen LogP contribution in [-0.2, 0) is 0 Å². The Bertz CT molecular complexity index is 382. The Morgan fingerprint density at radius 1 is 1.43 bits per heavy atom. The summed E-state index contributed by atoms with van der Waals surface area (Å²) in [5.74, 6) is 0. The zero-order chi connectivity index (χ0) is 9.97. The lowest BCUT2D eigenvalue weighted by molar-refractivity contribution is 0.232. The summed E-state index contributed by atoms with van der Waals surface area (Å²) >= 11 is 0. The molecule has 0 radical (unpaired) electrons. The van der Waals surface area contributed by atoms with Gasteiger partial charge in [-0.15, -0.1) is 0 Å². The van der Waals surface area contributed by atoms with E-state index in [4.69, 9.17) is 5.26 Å². The van der Waals surface area contributed by atoms with E-state index >= 15 is 0 Å². The zero-order valence-corrected chi connectivity index (χ0v) is 7.47. The minimum Gasteiger partial charge on any atom is -0.328 e. The second kappa shape index (κ2) is 3.38. The van der Waals surface area contributed by atoms with Crippen LogP contribution in [-0.4, -0.2) is 17.5 Å². The molecule has 4 nitrogen and oxygen atoms in total. The van der Waals surface area contributed by atoms with Crippen LogP contribution in [0.1, 0.15) is 11.6 Å². The first kappa shape index (κ1) is 8.57. The number of hydrogen-bond donors (Lipinski definition) is 1. The summed E-state index contributed by atoms with van der Waals surface area (Å²) in [6.07, 6.45) is 1.83. The number of benzene rings is 1. The van der Waals surface area contributed by atoms with Crippen LogP contribution in [0.3, 0.4) is 0 Å². The SMILES string of the molecule is N#CN1CC(c2ccccc2)NC1=O. The van der Waals surface area contributed by atoms with Crippen LogP contribution in [0.4, 0.5) is 4.79 Å². The van der Waals surface area contributed by atoms with Gasteiger partial charge in [0.05, 0.1) is 12.6 Å². The second-order valence-electron chi connectivity index (χ2n) is 3.12. The fourth-order valence-corrected chi connectivity index (χ4v) is 1.50. The highest BCUT2D eigenvalue weighted by molar-refractivity contribution is 5.78. The van der Waals surface area contributed by atoms with E-state index in [1.807, 2.05) is 36.5 Å². The fraction of sp³-hybridized carbons (Fsp3) is 0.200. The number of nitrogens with zero attached hydrogens (tertiary/aromatic N) is 2. The van der Waals surface area contributed by atoms with Gasteiger partial charge in [-0.2, -0.15) is 5.26 Å². The highest BCUT2D eigenvalue weighted by atomic mass is 16.2. The third-order valence-corrected chi connectivity index (χ3v) is 2.23. The molecule has 70 valence electrons. The van der Waals surface area contributed by atoms with Crippen molar-refractivity contribution in [1.29, 1.82) is 5.26 Å². The number of nitriles is 1. The number of carbonyl (C=O) groups excluding carboxylic acids is 1. The Morgan fingerprint density at radius 2 is 2.14 bits per heavy atom. The molecule has 0 aliphatic carbocycles. The molecular weight excluding hydrogens is 178 g/mol. The first-order valence-corrected chi connectivity index (χ1v) is 4.34. The summed E-state index contributed by atoms with van der Waals surface area (Å²) in [5.41, 5.74) is 1.03. The summed E-state index contributed by atoms with van der Waals surface area (Å²) in [5, 5.41) is 11.4. The normalized spacial score (nSPS) is 20.4. The van der Waals surface area contributed by atoms with Crippen LogP contribution in [0.15, 0.2) is 30.3 Å². The molecule has 1 atom stereocenters. The molecule has 0 bridgehead atoms. The molecule has 0 aromatic heterocycles. The molecule has 2 rings (SSSR count). The maximum atomic E-state index is 11.2. The molecule has 2 amide bonds. The van der Waals surface area contributed by atoms with Gasteiger partial charge >= 0.3 is 6.03 Å². The zero-order valence-electron chi connectivity index (χ0n) is 7.47. The van der Waals surface area contributed by atoms with Crippen molar-refractivity contribution in [2.24, 2.45) is 0 Å². The van der Waals surface area contributed by atoms with E-state index in [-0.39, 0.29) is 12.1 Å². The molecule has 1 aliphatic rings. The Hall–Kier alpha value is -2.02. The van der Waals surface area contributed by atoms with Crippen LogP contribution in [0.25, 0.3) is 0 Å². The van der Waals surface area contributed by atoms with Crippen molar-refractivity contribution in [3.63, 3.8) is 0 Å². The van der Waals surface area contributed by atoms with Gasteiger partial charge in [0.2, 0.25) is 0 Å². The van der Waals surface area contributed by atoms with Crippen LogP contribution >= 0.6 is 0 Å². The molecular formula is C10H9N3O. The van der Waals surface area contributed by atoms with Crippen LogP contribution in [0, 0.1) is 11.5 Å². The van der Waals surface area contributed by atoms with Gasteiger partial charge in [0.25, 0.3) is 0 Å². The van der Waals surface area contributed by atoms with Gasteiger partial charge in [-0.3, -0.25) is 0 Å². The molecule has 1 fully saturated rings. The quantitative estimate of drug-likeness (QED) is 0.672. The lowest BCUT2D eigenvalue weighted by Gasteiger charge is -2.07. The van der Waals surface area contributed by atoms with E-state index in [1.165, 1.54) is 0 Å². The van der Waals surface area contributed by atoms with E-state index < -0.39 is 0 Å².